The molecule has 28 heavy (non-hydrogen) atoms. The number of amides is 2. The van der Waals surface area contributed by atoms with Gasteiger partial charge in [0.1, 0.15) is 11.5 Å². The van der Waals surface area contributed by atoms with Crippen LogP contribution in [0.4, 0.5) is 5.82 Å². The van der Waals surface area contributed by atoms with Gasteiger partial charge in [-0.2, -0.15) is 5.10 Å². The zero-order valence-corrected chi connectivity index (χ0v) is 15.8. The number of H-pyrrole nitrogens is 1. The first-order valence-electron chi connectivity index (χ1n) is 9.46. The molecule has 1 aromatic carbocycles. The van der Waals surface area contributed by atoms with Crippen LogP contribution in [0.2, 0.25) is 0 Å². The number of hydrogen-bond acceptors (Lipinski definition) is 3. The minimum atomic E-state index is -0.140. The number of aryl methyl sites for hydroxylation is 1. The maximum Gasteiger partial charge on any atom is 0.270 e. The molecule has 3 heterocycles. The Hall–Kier alpha value is -3.35. The van der Waals surface area contributed by atoms with Gasteiger partial charge in [0.05, 0.1) is 12.2 Å². The van der Waals surface area contributed by atoms with Crippen molar-refractivity contribution in [2.75, 3.05) is 18.4 Å². The molecular weight excluding hydrogens is 354 g/mol. The Morgan fingerprint density at radius 1 is 1.11 bits per heavy atom. The van der Waals surface area contributed by atoms with Gasteiger partial charge in [-0.3, -0.25) is 9.59 Å². The Morgan fingerprint density at radius 3 is 2.61 bits per heavy atom. The van der Waals surface area contributed by atoms with Crippen molar-refractivity contribution in [1.29, 1.82) is 0 Å². The predicted molar refractivity (Wildman–Crippen MR) is 106 cm³/mol. The highest BCUT2D eigenvalue weighted by atomic mass is 16.2. The summed E-state index contributed by atoms with van der Waals surface area (Å²) in [7, 11) is 0. The molecule has 2 aromatic heterocycles. The highest BCUT2D eigenvalue weighted by Gasteiger charge is 2.26. The molecule has 0 unspecified atom stereocenters. The smallest absolute Gasteiger partial charge is 0.270 e. The normalized spacial score (nSPS) is 14.8. The second kappa shape index (κ2) is 7.72. The number of carbonyl (C=O) groups is 2. The maximum atomic E-state index is 12.6. The van der Waals surface area contributed by atoms with Crippen molar-refractivity contribution < 1.29 is 9.59 Å². The third-order valence-corrected chi connectivity index (χ3v) is 5.23. The SMILES string of the molecule is Cc1ccccc1C(=O)Nc1ccnn1C1CCN(C(=O)c2ccc[nH]2)CC1. The molecule has 7 nitrogen and oxygen atoms in total. The monoisotopic (exact) mass is 377 g/mol. The van der Waals surface area contributed by atoms with Crippen molar-refractivity contribution in [2.24, 2.45) is 0 Å². The molecule has 0 radical (unpaired) electrons. The van der Waals surface area contributed by atoms with Crippen LogP contribution in [0, 0.1) is 6.92 Å². The molecule has 144 valence electrons. The summed E-state index contributed by atoms with van der Waals surface area (Å²) < 4.78 is 1.87. The van der Waals surface area contributed by atoms with Gasteiger partial charge in [-0.15, -0.1) is 0 Å². The van der Waals surface area contributed by atoms with E-state index in [1.165, 1.54) is 0 Å². The van der Waals surface area contributed by atoms with Crippen LogP contribution in [0.1, 0.15) is 45.3 Å². The van der Waals surface area contributed by atoms with E-state index in [1.54, 1.807) is 18.5 Å². The van der Waals surface area contributed by atoms with Crippen LogP contribution in [0.3, 0.4) is 0 Å². The predicted octanol–water partition coefficient (Wildman–Crippen LogP) is 3.25. The number of piperidine rings is 1. The molecule has 1 aliphatic heterocycles. The summed E-state index contributed by atoms with van der Waals surface area (Å²) in [6, 6.07) is 13.1. The van der Waals surface area contributed by atoms with E-state index in [0.29, 0.717) is 30.2 Å². The number of nitrogens with one attached hydrogen (secondary N) is 2. The van der Waals surface area contributed by atoms with Crippen molar-refractivity contribution >= 4 is 17.6 Å². The van der Waals surface area contributed by atoms with Gasteiger partial charge in [-0.05, 0) is 43.5 Å². The quantitative estimate of drug-likeness (QED) is 0.732. The number of carbonyl (C=O) groups excluding carboxylic acids is 2. The third kappa shape index (κ3) is 3.55. The van der Waals surface area contributed by atoms with Crippen molar-refractivity contribution in [3.05, 3.63) is 71.7 Å². The fourth-order valence-electron chi connectivity index (χ4n) is 3.66. The lowest BCUT2D eigenvalue weighted by atomic mass is 10.0. The van der Waals surface area contributed by atoms with E-state index >= 15 is 0 Å². The van der Waals surface area contributed by atoms with Crippen LogP contribution in [0.25, 0.3) is 0 Å². The number of rotatable bonds is 4. The molecule has 3 aromatic rings. The first kappa shape index (κ1) is 18.0. The van der Waals surface area contributed by atoms with Gasteiger partial charge in [0, 0.05) is 30.9 Å². The zero-order chi connectivity index (χ0) is 19.5. The Balaban J connectivity index is 1.42. The molecule has 1 aliphatic rings. The average Bonchev–Trinajstić information content (AvgIpc) is 3.40. The fraction of sp³-hybridized carbons (Fsp3) is 0.286. The Kier molecular flexibility index (Phi) is 4.97. The van der Waals surface area contributed by atoms with Gasteiger partial charge >= 0.3 is 0 Å². The summed E-state index contributed by atoms with van der Waals surface area (Å²) in [6.07, 6.45) is 5.04. The minimum absolute atomic E-state index is 0.0250. The molecular formula is C21H23N5O2. The van der Waals surface area contributed by atoms with Crippen molar-refractivity contribution in [2.45, 2.75) is 25.8 Å². The van der Waals surface area contributed by atoms with E-state index in [-0.39, 0.29) is 17.9 Å². The second-order valence-electron chi connectivity index (χ2n) is 7.04. The van der Waals surface area contributed by atoms with Crippen LogP contribution in [0.5, 0.6) is 0 Å². The second-order valence-corrected chi connectivity index (χ2v) is 7.04. The van der Waals surface area contributed by atoms with Gasteiger partial charge in [-0.1, -0.05) is 18.2 Å². The lowest BCUT2D eigenvalue weighted by molar-refractivity contribution is 0.0685. The van der Waals surface area contributed by atoms with E-state index < -0.39 is 0 Å². The van der Waals surface area contributed by atoms with E-state index in [1.807, 2.05) is 52.9 Å². The Morgan fingerprint density at radius 2 is 1.89 bits per heavy atom. The average molecular weight is 377 g/mol. The molecule has 1 fully saturated rings. The van der Waals surface area contributed by atoms with Crippen molar-refractivity contribution in [3.63, 3.8) is 0 Å². The van der Waals surface area contributed by atoms with Crippen LogP contribution in [-0.2, 0) is 0 Å². The van der Waals surface area contributed by atoms with Crippen molar-refractivity contribution in [1.82, 2.24) is 19.7 Å². The van der Waals surface area contributed by atoms with Gasteiger partial charge < -0.3 is 15.2 Å². The van der Waals surface area contributed by atoms with Crippen LogP contribution in [0.15, 0.2) is 54.9 Å². The van der Waals surface area contributed by atoms with E-state index in [2.05, 4.69) is 15.4 Å². The molecule has 2 N–H and O–H groups in total. The number of benzene rings is 1. The summed E-state index contributed by atoms with van der Waals surface area (Å²) in [5.74, 6) is 0.568. The van der Waals surface area contributed by atoms with Crippen LogP contribution in [-0.4, -0.2) is 44.6 Å². The largest absolute Gasteiger partial charge is 0.357 e. The number of aromatic amines is 1. The summed E-state index contributed by atoms with van der Waals surface area (Å²) in [5.41, 5.74) is 2.20. The lowest BCUT2D eigenvalue weighted by Crippen LogP contribution is -2.39. The summed E-state index contributed by atoms with van der Waals surface area (Å²) in [4.78, 5) is 29.9. The van der Waals surface area contributed by atoms with Gasteiger partial charge in [0.25, 0.3) is 11.8 Å². The third-order valence-electron chi connectivity index (χ3n) is 5.23. The number of anilines is 1. The Bertz CT molecular complexity index is 968. The van der Waals surface area contributed by atoms with Gasteiger partial charge in [-0.25, -0.2) is 4.68 Å². The standard InChI is InChI=1S/C21H23N5O2/c1-15-5-2-3-6-17(15)20(27)24-19-8-12-23-26(19)16-9-13-25(14-10-16)21(28)18-7-4-11-22-18/h2-8,11-12,16,22H,9-10,13-14H2,1H3,(H,24,27). The minimum Gasteiger partial charge on any atom is -0.357 e. The number of nitrogens with zero attached hydrogens (tertiary/aromatic N) is 3. The maximum absolute atomic E-state index is 12.6. The first-order valence-corrected chi connectivity index (χ1v) is 9.46. The molecule has 7 heteroatoms. The highest BCUT2D eigenvalue weighted by molar-refractivity contribution is 6.04. The highest BCUT2D eigenvalue weighted by Crippen LogP contribution is 2.26. The van der Waals surface area contributed by atoms with E-state index in [9.17, 15) is 9.59 Å². The van der Waals surface area contributed by atoms with Gasteiger partial charge in [0.15, 0.2) is 0 Å². The molecule has 4 rings (SSSR count). The Labute approximate surface area is 163 Å². The fourth-order valence-corrected chi connectivity index (χ4v) is 3.66. The molecule has 0 aliphatic carbocycles. The summed E-state index contributed by atoms with van der Waals surface area (Å²) in [5, 5.41) is 7.40. The molecule has 1 saturated heterocycles. The summed E-state index contributed by atoms with van der Waals surface area (Å²) >= 11 is 0. The molecule has 0 spiro atoms. The van der Waals surface area contributed by atoms with Crippen molar-refractivity contribution in [3.8, 4) is 0 Å². The lowest BCUT2D eigenvalue weighted by Gasteiger charge is -2.32. The van der Waals surface area contributed by atoms with Gasteiger partial charge in [0.2, 0.25) is 0 Å². The summed E-state index contributed by atoms with van der Waals surface area (Å²) in [6.45, 7) is 3.24. The van der Waals surface area contributed by atoms with Crippen LogP contribution >= 0.6 is 0 Å². The molecule has 0 atom stereocenters. The molecule has 0 bridgehead atoms. The van der Waals surface area contributed by atoms with E-state index in [0.717, 1.165) is 18.4 Å². The van der Waals surface area contributed by atoms with Crippen LogP contribution < -0.4 is 5.32 Å². The number of aromatic nitrogens is 3. The first-order chi connectivity index (χ1) is 13.6. The molecule has 0 saturated carbocycles. The zero-order valence-electron chi connectivity index (χ0n) is 15.8. The number of hydrogen-bond donors (Lipinski definition) is 2. The molecule has 2 amide bonds. The number of likely N-dealkylation sites (tertiary alicyclic amines) is 1. The van der Waals surface area contributed by atoms with E-state index in [4.69, 9.17) is 0 Å². The topological polar surface area (TPSA) is 83.0 Å².